The molecule has 1 atom stereocenters. The molecule has 1 heterocycles. The second-order valence-corrected chi connectivity index (χ2v) is 6.38. The maximum atomic E-state index is 12.1. The van der Waals surface area contributed by atoms with Gasteiger partial charge in [-0.2, -0.15) is 0 Å². The number of carbonyl (C=O) groups is 1. The number of amides is 1. The van der Waals surface area contributed by atoms with Crippen LogP contribution in [0.15, 0.2) is 36.4 Å². The second kappa shape index (κ2) is 6.71. The highest BCUT2D eigenvalue weighted by atomic mass is 32.1. The van der Waals surface area contributed by atoms with Crippen LogP contribution in [0.4, 0.5) is 0 Å². The van der Waals surface area contributed by atoms with Gasteiger partial charge in [0.05, 0.1) is 10.9 Å². The lowest BCUT2D eigenvalue weighted by atomic mass is 10.0. The lowest BCUT2D eigenvalue weighted by molar-refractivity contribution is 0.0944. The molecule has 0 fully saturated rings. The Morgan fingerprint density at radius 2 is 1.90 bits per heavy atom. The summed E-state index contributed by atoms with van der Waals surface area (Å²) < 4.78 is 0. The zero-order valence-corrected chi connectivity index (χ0v) is 13.1. The van der Waals surface area contributed by atoms with Gasteiger partial charge in [-0.05, 0) is 43.5 Å². The maximum absolute atomic E-state index is 12.1. The first-order chi connectivity index (χ1) is 9.60. The molecule has 1 N–H and O–H groups in total. The van der Waals surface area contributed by atoms with Crippen molar-refractivity contribution in [3.05, 3.63) is 57.3 Å². The molecule has 2 rings (SSSR count). The second-order valence-electron chi connectivity index (χ2n) is 5.10. The molecule has 3 heteroatoms. The highest BCUT2D eigenvalue weighted by Crippen LogP contribution is 2.18. The summed E-state index contributed by atoms with van der Waals surface area (Å²) in [5.41, 5.74) is 2.50. The van der Waals surface area contributed by atoms with Gasteiger partial charge < -0.3 is 5.32 Å². The summed E-state index contributed by atoms with van der Waals surface area (Å²) in [5, 5.41) is 3.05. The molecule has 0 spiro atoms. The minimum Gasteiger partial charge on any atom is -0.345 e. The summed E-state index contributed by atoms with van der Waals surface area (Å²) in [5.74, 6) is 0.00762. The molecule has 1 aromatic carbocycles. The number of benzene rings is 1. The summed E-state index contributed by atoms with van der Waals surface area (Å²) in [6.45, 7) is 6.21. The van der Waals surface area contributed by atoms with Gasteiger partial charge in [-0.1, -0.05) is 37.6 Å². The number of aryl methyl sites for hydroxylation is 2. The first-order valence-electron chi connectivity index (χ1n) is 7.06. The average molecular weight is 287 g/mol. The fourth-order valence-electron chi connectivity index (χ4n) is 2.17. The summed E-state index contributed by atoms with van der Waals surface area (Å²) >= 11 is 1.53. The molecular formula is C17H21NOS. The van der Waals surface area contributed by atoms with E-state index in [1.54, 1.807) is 0 Å². The molecular weight excluding hydrogens is 266 g/mol. The summed E-state index contributed by atoms with van der Waals surface area (Å²) in [7, 11) is 0. The predicted octanol–water partition coefficient (Wildman–Crippen LogP) is 4.50. The van der Waals surface area contributed by atoms with Crippen LogP contribution in [0.2, 0.25) is 0 Å². The standard InChI is InChI=1S/C17H21NOS/c1-4-5-14-7-9-15(10-8-14)13(3)18-17(19)16-11-6-12(2)20-16/h6-11,13H,4-5H2,1-3H3,(H,18,19). The van der Waals surface area contributed by atoms with Gasteiger partial charge in [0.25, 0.3) is 5.91 Å². The van der Waals surface area contributed by atoms with E-state index in [1.165, 1.54) is 16.9 Å². The van der Waals surface area contributed by atoms with E-state index >= 15 is 0 Å². The van der Waals surface area contributed by atoms with Crippen molar-refractivity contribution in [3.8, 4) is 0 Å². The fraction of sp³-hybridized carbons (Fsp3) is 0.353. The van der Waals surface area contributed by atoms with Crippen LogP contribution in [0, 0.1) is 6.92 Å². The first kappa shape index (κ1) is 14.8. The van der Waals surface area contributed by atoms with Gasteiger partial charge in [-0.3, -0.25) is 4.79 Å². The number of carbonyl (C=O) groups excluding carboxylic acids is 1. The number of nitrogens with one attached hydrogen (secondary N) is 1. The van der Waals surface area contributed by atoms with Gasteiger partial charge in [0, 0.05) is 4.88 Å². The van der Waals surface area contributed by atoms with E-state index in [4.69, 9.17) is 0 Å². The SMILES string of the molecule is CCCc1ccc(C(C)NC(=O)c2ccc(C)s2)cc1. The van der Waals surface area contributed by atoms with Crippen LogP contribution < -0.4 is 5.32 Å². The van der Waals surface area contributed by atoms with E-state index in [-0.39, 0.29) is 11.9 Å². The zero-order chi connectivity index (χ0) is 14.5. The molecule has 0 aliphatic heterocycles. The lowest BCUT2D eigenvalue weighted by Crippen LogP contribution is -2.25. The van der Waals surface area contributed by atoms with Crippen molar-refractivity contribution in [1.29, 1.82) is 0 Å². The molecule has 2 aromatic rings. The topological polar surface area (TPSA) is 29.1 Å². The Balaban J connectivity index is 2.00. The minimum atomic E-state index is 0.00762. The molecule has 0 saturated carbocycles. The summed E-state index contributed by atoms with van der Waals surface area (Å²) in [6, 6.07) is 12.4. The third-order valence-electron chi connectivity index (χ3n) is 3.33. The van der Waals surface area contributed by atoms with Crippen LogP contribution in [0.1, 0.15) is 52.0 Å². The van der Waals surface area contributed by atoms with Gasteiger partial charge in [0.1, 0.15) is 0 Å². The van der Waals surface area contributed by atoms with E-state index in [9.17, 15) is 4.79 Å². The molecule has 1 amide bonds. The Labute approximate surface area is 124 Å². The van der Waals surface area contributed by atoms with Crippen molar-refractivity contribution in [2.45, 2.75) is 39.7 Å². The molecule has 1 unspecified atom stereocenters. The van der Waals surface area contributed by atoms with E-state index < -0.39 is 0 Å². The maximum Gasteiger partial charge on any atom is 0.261 e. The van der Waals surface area contributed by atoms with Crippen molar-refractivity contribution in [2.75, 3.05) is 0 Å². The van der Waals surface area contributed by atoms with Gasteiger partial charge >= 0.3 is 0 Å². The van der Waals surface area contributed by atoms with E-state index in [2.05, 4.69) is 36.5 Å². The number of rotatable bonds is 5. The molecule has 0 saturated heterocycles. The largest absolute Gasteiger partial charge is 0.345 e. The minimum absolute atomic E-state index is 0.00762. The monoisotopic (exact) mass is 287 g/mol. The molecule has 2 nitrogen and oxygen atoms in total. The Hall–Kier alpha value is -1.61. The zero-order valence-electron chi connectivity index (χ0n) is 12.3. The third kappa shape index (κ3) is 3.70. The average Bonchev–Trinajstić information content (AvgIpc) is 2.86. The van der Waals surface area contributed by atoms with Crippen LogP contribution >= 0.6 is 11.3 Å². The summed E-state index contributed by atoms with van der Waals surface area (Å²) in [4.78, 5) is 14.0. The first-order valence-corrected chi connectivity index (χ1v) is 7.88. The van der Waals surface area contributed by atoms with E-state index in [1.807, 2.05) is 26.0 Å². The Bertz CT molecular complexity index is 571. The van der Waals surface area contributed by atoms with E-state index in [0.717, 1.165) is 28.2 Å². The van der Waals surface area contributed by atoms with Crippen molar-refractivity contribution >= 4 is 17.2 Å². The number of hydrogen-bond acceptors (Lipinski definition) is 2. The van der Waals surface area contributed by atoms with Crippen LogP contribution in [-0.4, -0.2) is 5.91 Å². The molecule has 0 radical (unpaired) electrons. The number of thiophene rings is 1. The Morgan fingerprint density at radius 1 is 1.20 bits per heavy atom. The van der Waals surface area contributed by atoms with Crippen molar-refractivity contribution < 1.29 is 4.79 Å². The quantitative estimate of drug-likeness (QED) is 0.862. The predicted molar refractivity (Wildman–Crippen MR) is 85.4 cm³/mol. The normalized spacial score (nSPS) is 12.2. The third-order valence-corrected chi connectivity index (χ3v) is 4.33. The van der Waals surface area contributed by atoms with Gasteiger partial charge in [0.2, 0.25) is 0 Å². The number of hydrogen-bond donors (Lipinski definition) is 1. The highest BCUT2D eigenvalue weighted by Gasteiger charge is 2.12. The molecule has 1 aromatic heterocycles. The van der Waals surface area contributed by atoms with Crippen LogP contribution in [0.3, 0.4) is 0 Å². The molecule has 0 aliphatic carbocycles. The van der Waals surface area contributed by atoms with Gasteiger partial charge in [-0.25, -0.2) is 0 Å². The van der Waals surface area contributed by atoms with Crippen LogP contribution in [0.5, 0.6) is 0 Å². The lowest BCUT2D eigenvalue weighted by Gasteiger charge is -2.14. The summed E-state index contributed by atoms with van der Waals surface area (Å²) in [6.07, 6.45) is 2.26. The van der Waals surface area contributed by atoms with Crippen LogP contribution in [0.25, 0.3) is 0 Å². The van der Waals surface area contributed by atoms with Gasteiger partial charge in [0.15, 0.2) is 0 Å². The van der Waals surface area contributed by atoms with Crippen LogP contribution in [-0.2, 0) is 6.42 Å². The fourth-order valence-corrected chi connectivity index (χ4v) is 2.94. The van der Waals surface area contributed by atoms with Crippen molar-refractivity contribution in [1.82, 2.24) is 5.32 Å². The highest BCUT2D eigenvalue weighted by molar-refractivity contribution is 7.13. The van der Waals surface area contributed by atoms with Crippen molar-refractivity contribution in [3.63, 3.8) is 0 Å². The molecule has 20 heavy (non-hydrogen) atoms. The Kier molecular flexibility index (Phi) is 4.96. The van der Waals surface area contributed by atoms with E-state index in [0.29, 0.717) is 0 Å². The van der Waals surface area contributed by atoms with Crippen molar-refractivity contribution in [2.24, 2.45) is 0 Å². The molecule has 106 valence electrons. The molecule has 0 bridgehead atoms. The Morgan fingerprint density at radius 3 is 2.45 bits per heavy atom. The van der Waals surface area contributed by atoms with Gasteiger partial charge in [-0.15, -0.1) is 11.3 Å². The molecule has 0 aliphatic rings. The smallest absolute Gasteiger partial charge is 0.261 e.